The van der Waals surface area contributed by atoms with Crippen LogP contribution in [0.2, 0.25) is 0 Å². The molecule has 1 fully saturated rings. The van der Waals surface area contributed by atoms with E-state index in [0.717, 1.165) is 0 Å². The van der Waals surface area contributed by atoms with Crippen LogP contribution in [-0.4, -0.2) is 42.1 Å². The normalized spacial score (nSPS) is 20.2. The largest absolute Gasteiger partial charge is 0.360 e. The number of hydrogen-bond donors (Lipinski definition) is 1. The molecule has 0 saturated carbocycles. The van der Waals surface area contributed by atoms with Gasteiger partial charge >= 0.3 is 0 Å². The Bertz CT molecular complexity index is 581. The monoisotopic (exact) mass is 301 g/mol. The predicted molar refractivity (Wildman–Crippen MR) is 73.7 cm³/mol. The average Bonchev–Trinajstić information content (AvgIpc) is 2.98. The zero-order chi connectivity index (χ0) is 14.8. The third kappa shape index (κ3) is 3.18. The van der Waals surface area contributed by atoms with Gasteiger partial charge in [0, 0.05) is 12.6 Å². The molecule has 1 aromatic rings. The van der Waals surface area contributed by atoms with E-state index >= 15 is 0 Å². The molecule has 112 valence electrons. The fourth-order valence-electron chi connectivity index (χ4n) is 2.35. The van der Waals surface area contributed by atoms with Crippen LogP contribution in [0, 0.1) is 6.92 Å². The molecule has 2 rings (SSSR count). The molecule has 1 N–H and O–H groups in total. The molecule has 1 aliphatic rings. The molecule has 0 unspecified atom stereocenters. The van der Waals surface area contributed by atoms with Crippen molar-refractivity contribution in [1.29, 1.82) is 0 Å². The van der Waals surface area contributed by atoms with Gasteiger partial charge in [0.2, 0.25) is 15.9 Å². The quantitative estimate of drug-likeness (QED) is 0.880. The van der Waals surface area contributed by atoms with Crippen LogP contribution in [0.5, 0.6) is 0 Å². The van der Waals surface area contributed by atoms with Crippen LogP contribution in [0.25, 0.3) is 0 Å². The Labute approximate surface area is 118 Å². The maximum atomic E-state index is 12.2. The Morgan fingerprint density at radius 2 is 2.35 bits per heavy atom. The first-order valence-electron chi connectivity index (χ1n) is 6.67. The molecule has 0 bridgehead atoms. The lowest BCUT2D eigenvalue weighted by Gasteiger charge is -2.22. The summed E-state index contributed by atoms with van der Waals surface area (Å²) in [6.45, 7) is 3.93. The van der Waals surface area contributed by atoms with Gasteiger partial charge in [-0.1, -0.05) is 12.1 Å². The molecular weight excluding hydrogens is 282 g/mol. The van der Waals surface area contributed by atoms with Gasteiger partial charge in [0.05, 0.1) is 5.75 Å². The minimum Gasteiger partial charge on any atom is -0.360 e. The van der Waals surface area contributed by atoms with Crippen molar-refractivity contribution in [1.82, 2.24) is 9.46 Å². The molecule has 1 saturated heterocycles. The lowest BCUT2D eigenvalue weighted by atomic mass is 10.2. The van der Waals surface area contributed by atoms with Gasteiger partial charge in [-0.15, -0.1) is 0 Å². The first kappa shape index (κ1) is 15.0. The number of sulfonamides is 1. The molecule has 1 aliphatic heterocycles. The van der Waals surface area contributed by atoms with E-state index in [9.17, 15) is 13.2 Å². The van der Waals surface area contributed by atoms with E-state index in [4.69, 9.17) is 4.52 Å². The van der Waals surface area contributed by atoms with Gasteiger partial charge in [-0.05, 0) is 26.2 Å². The summed E-state index contributed by atoms with van der Waals surface area (Å²) in [6, 6.07) is 0.945. The number of carbonyl (C=O) groups is 1. The van der Waals surface area contributed by atoms with Crippen LogP contribution in [0.4, 0.5) is 5.82 Å². The Morgan fingerprint density at radius 1 is 1.60 bits per heavy atom. The number of carbonyl (C=O) groups excluding carboxylic acids is 1. The van der Waals surface area contributed by atoms with Crippen molar-refractivity contribution in [3.05, 3.63) is 11.8 Å². The Morgan fingerprint density at radius 3 is 2.95 bits per heavy atom. The van der Waals surface area contributed by atoms with Crippen LogP contribution in [0.15, 0.2) is 10.6 Å². The molecule has 0 spiro atoms. The van der Waals surface area contributed by atoms with Crippen molar-refractivity contribution >= 4 is 21.7 Å². The Hall–Kier alpha value is -1.41. The van der Waals surface area contributed by atoms with Crippen molar-refractivity contribution in [2.24, 2.45) is 0 Å². The van der Waals surface area contributed by atoms with Crippen LogP contribution in [0.1, 0.15) is 31.9 Å². The molecule has 8 heteroatoms. The summed E-state index contributed by atoms with van der Waals surface area (Å²) in [5.74, 6) is 0.615. The summed E-state index contributed by atoms with van der Waals surface area (Å²) in [7, 11) is -3.36. The standard InChI is InChI=1S/C12H19N3O4S/c1-3-7-20(17,18)15-6-4-5-10(15)12(16)13-11-8-9(2)19-14-11/h8,10H,3-7H2,1-2H3,(H,13,14,16)/t10-/m0/s1. The van der Waals surface area contributed by atoms with E-state index in [2.05, 4.69) is 10.5 Å². The predicted octanol–water partition coefficient (Wildman–Crippen LogP) is 1.13. The van der Waals surface area contributed by atoms with Gasteiger partial charge < -0.3 is 9.84 Å². The molecule has 20 heavy (non-hydrogen) atoms. The number of anilines is 1. The SMILES string of the molecule is CCCS(=O)(=O)N1CCC[C@H]1C(=O)Nc1cc(C)on1. The second-order valence-electron chi connectivity index (χ2n) is 4.90. The summed E-state index contributed by atoms with van der Waals surface area (Å²) >= 11 is 0. The molecule has 0 aromatic carbocycles. The van der Waals surface area contributed by atoms with Gasteiger partial charge in [-0.2, -0.15) is 4.31 Å². The molecule has 7 nitrogen and oxygen atoms in total. The zero-order valence-corrected chi connectivity index (χ0v) is 12.4. The molecule has 0 radical (unpaired) electrons. The molecule has 1 amide bonds. The highest BCUT2D eigenvalue weighted by atomic mass is 32.2. The second kappa shape index (κ2) is 5.92. The lowest BCUT2D eigenvalue weighted by Crippen LogP contribution is -2.44. The van der Waals surface area contributed by atoms with Crippen molar-refractivity contribution in [2.45, 2.75) is 39.2 Å². The highest BCUT2D eigenvalue weighted by molar-refractivity contribution is 7.89. The van der Waals surface area contributed by atoms with E-state index in [1.54, 1.807) is 19.9 Å². The topological polar surface area (TPSA) is 92.5 Å². The maximum absolute atomic E-state index is 12.2. The number of hydrogen-bond acceptors (Lipinski definition) is 5. The zero-order valence-electron chi connectivity index (χ0n) is 11.6. The van der Waals surface area contributed by atoms with E-state index in [-0.39, 0.29) is 11.7 Å². The van der Waals surface area contributed by atoms with Crippen LogP contribution < -0.4 is 5.32 Å². The summed E-state index contributed by atoms with van der Waals surface area (Å²) in [6.07, 6.45) is 1.76. The summed E-state index contributed by atoms with van der Waals surface area (Å²) in [5.41, 5.74) is 0. The number of nitrogens with one attached hydrogen (secondary N) is 1. The molecular formula is C12H19N3O4S. The van der Waals surface area contributed by atoms with E-state index in [1.165, 1.54) is 4.31 Å². The van der Waals surface area contributed by atoms with Crippen LogP contribution in [-0.2, 0) is 14.8 Å². The summed E-state index contributed by atoms with van der Waals surface area (Å²) in [4.78, 5) is 12.2. The molecule has 0 aliphatic carbocycles. The summed E-state index contributed by atoms with van der Waals surface area (Å²) < 4.78 is 30.4. The minimum atomic E-state index is -3.36. The van der Waals surface area contributed by atoms with Crippen molar-refractivity contribution in [2.75, 3.05) is 17.6 Å². The third-order valence-corrected chi connectivity index (χ3v) is 5.28. The van der Waals surface area contributed by atoms with E-state index in [1.807, 2.05) is 0 Å². The third-order valence-electron chi connectivity index (χ3n) is 3.20. The van der Waals surface area contributed by atoms with Crippen molar-refractivity contribution < 1.29 is 17.7 Å². The number of aromatic nitrogens is 1. The van der Waals surface area contributed by atoms with Gasteiger partial charge in [-0.3, -0.25) is 4.79 Å². The van der Waals surface area contributed by atoms with Gasteiger partial charge in [0.15, 0.2) is 5.82 Å². The highest BCUT2D eigenvalue weighted by Crippen LogP contribution is 2.23. The average molecular weight is 301 g/mol. The molecule has 1 atom stereocenters. The Balaban J connectivity index is 2.08. The number of rotatable bonds is 5. The Kier molecular flexibility index (Phi) is 4.44. The van der Waals surface area contributed by atoms with Gasteiger partial charge in [-0.25, -0.2) is 8.42 Å². The number of amides is 1. The van der Waals surface area contributed by atoms with Crippen molar-refractivity contribution in [3.8, 4) is 0 Å². The summed E-state index contributed by atoms with van der Waals surface area (Å²) in [5, 5.41) is 6.27. The smallest absolute Gasteiger partial charge is 0.244 e. The number of nitrogens with zero attached hydrogens (tertiary/aromatic N) is 2. The molecule has 1 aromatic heterocycles. The second-order valence-corrected chi connectivity index (χ2v) is 6.94. The number of aryl methyl sites for hydroxylation is 1. The van der Waals surface area contributed by atoms with Gasteiger partial charge in [0.25, 0.3) is 0 Å². The first-order chi connectivity index (χ1) is 9.44. The first-order valence-corrected chi connectivity index (χ1v) is 8.28. The van der Waals surface area contributed by atoms with E-state index < -0.39 is 16.1 Å². The van der Waals surface area contributed by atoms with Crippen molar-refractivity contribution in [3.63, 3.8) is 0 Å². The fourth-order valence-corrected chi connectivity index (χ4v) is 4.09. The van der Waals surface area contributed by atoms with Gasteiger partial charge in [0.1, 0.15) is 11.8 Å². The molecule has 2 heterocycles. The minimum absolute atomic E-state index is 0.0693. The van der Waals surface area contributed by atoms with E-state index in [0.29, 0.717) is 37.4 Å². The van der Waals surface area contributed by atoms with Crippen LogP contribution in [0.3, 0.4) is 0 Å². The maximum Gasteiger partial charge on any atom is 0.244 e. The van der Waals surface area contributed by atoms with Crippen LogP contribution >= 0.6 is 0 Å². The lowest BCUT2D eigenvalue weighted by molar-refractivity contribution is -0.119. The fraction of sp³-hybridized carbons (Fsp3) is 0.667. The highest BCUT2D eigenvalue weighted by Gasteiger charge is 2.38.